The second-order valence-corrected chi connectivity index (χ2v) is 6.62. The summed E-state index contributed by atoms with van der Waals surface area (Å²) >= 11 is -0.556. The fraction of sp³-hybridized carbons (Fsp3) is 1.00. The molecule has 0 fully saturated rings. The van der Waals surface area contributed by atoms with Gasteiger partial charge in [-0.25, -0.2) is 0 Å². The summed E-state index contributed by atoms with van der Waals surface area (Å²) in [4.78, 5) is 0. The Morgan fingerprint density at radius 3 is 1.38 bits per heavy atom. The number of nitrogens with two attached hydrogens (primary N) is 1. The van der Waals surface area contributed by atoms with Crippen molar-refractivity contribution in [1.29, 1.82) is 0 Å². The predicted octanol–water partition coefficient (Wildman–Crippen LogP) is 5.24. The Morgan fingerprint density at radius 2 is 1.06 bits per heavy atom. The Morgan fingerprint density at radius 1 is 0.750 bits per heavy atom. The van der Waals surface area contributed by atoms with Gasteiger partial charge in [0.25, 0.3) is 0 Å². The van der Waals surface area contributed by atoms with Gasteiger partial charge < -0.3 is 5.73 Å². The zero-order chi connectivity index (χ0) is 12.5. The minimum absolute atomic E-state index is 0.556. The van der Waals surface area contributed by atoms with Crippen molar-refractivity contribution in [2.45, 2.75) is 71.1 Å². The number of halogens is 2. The van der Waals surface area contributed by atoms with Crippen LogP contribution in [0.25, 0.3) is 0 Å². The number of hydrogen-bond donors (Lipinski definition) is 1. The van der Waals surface area contributed by atoms with E-state index in [1.807, 2.05) is 0 Å². The molecule has 0 heterocycles. The summed E-state index contributed by atoms with van der Waals surface area (Å²) in [5.74, 6) is 0. The van der Waals surface area contributed by atoms with Crippen molar-refractivity contribution >= 4 is 18.6 Å². The maximum atomic E-state index is 5.42. The van der Waals surface area contributed by atoms with Crippen molar-refractivity contribution in [3.05, 3.63) is 0 Å². The van der Waals surface area contributed by atoms with E-state index >= 15 is 0 Å². The minimum atomic E-state index is -0.556. The van der Waals surface area contributed by atoms with Gasteiger partial charge in [0.2, 0.25) is 0 Å². The topological polar surface area (TPSA) is 26.0 Å². The first kappa shape index (κ1) is 19.6. The normalized spacial score (nSPS) is 9.50. The summed E-state index contributed by atoms with van der Waals surface area (Å²) in [6.45, 7) is 3.14. The zero-order valence-corrected chi connectivity index (χ0v) is 13.7. The molecule has 0 saturated carbocycles. The summed E-state index contributed by atoms with van der Waals surface area (Å²) < 4.78 is 0. The van der Waals surface area contributed by atoms with Gasteiger partial charge in [0.05, 0.1) is 0 Å². The Hall–Kier alpha value is 1.25. The van der Waals surface area contributed by atoms with Crippen LogP contribution in [0.1, 0.15) is 71.1 Å². The van der Waals surface area contributed by atoms with Crippen LogP contribution < -0.4 is 5.73 Å². The molecule has 0 saturated heterocycles. The van der Waals surface area contributed by atoms with Crippen LogP contribution in [-0.2, 0) is 17.0 Å². The molecule has 16 heavy (non-hydrogen) atoms. The third-order valence-electron chi connectivity index (χ3n) is 2.56. The van der Waals surface area contributed by atoms with E-state index in [9.17, 15) is 0 Å². The van der Waals surface area contributed by atoms with E-state index in [2.05, 4.69) is 6.92 Å². The molecule has 0 aliphatic rings. The van der Waals surface area contributed by atoms with Crippen molar-refractivity contribution < 1.29 is 17.0 Å². The van der Waals surface area contributed by atoms with Gasteiger partial charge in [-0.05, 0) is 13.0 Å². The molecule has 0 bridgehead atoms. The van der Waals surface area contributed by atoms with Crippen molar-refractivity contribution in [3.63, 3.8) is 0 Å². The standard InChI is InChI=1S/C12H27N.2ClH.Ti/c1-2-3-4-5-6-7-8-9-10-11-12-13;;;/h2-13H2,1H3;2*1H;/q;;;+2/p-2. The quantitative estimate of drug-likeness (QED) is 0.433. The number of rotatable bonds is 10. The Balaban J connectivity index is 0. The molecule has 0 radical (unpaired) electrons. The van der Waals surface area contributed by atoms with Gasteiger partial charge >= 0.3 is 35.6 Å². The summed E-state index contributed by atoms with van der Waals surface area (Å²) in [5.41, 5.74) is 5.42. The SMILES string of the molecule is CCCCCCCCCCCCN.[Cl][Ti][Cl]. The van der Waals surface area contributed by atoms with Crippen LogP contribution in [0.2, 0.25) is 0 Å². The maximum absolute atomic E-state index is 5.42. The molecule has 0 atom stereocenters. The summed E-state index contributed by atoms with van der Waals surface area (Å²) in [6.07, 6.45) is 13.9. The van der Waals surface area contributed by atoms with Gasteiger partial charge in [0.1, 0.15) is 0 Å². The van der Waals surface area contributed by atoms with E-state index in [4.69, 9.17) is 24.3 Å². The van der Waals surface area contributed by atoms with Gasteiger partial charge in [0, 0.05) is 0 Å². The van der Waals surface area contributed by atoms with Crippen LogP contribution in [0.5, 0.6) is 0 Å². The first-order chi connectivity index (χ1) is 7.83. The third kappa shape index (κ3) is 24.5. The first-order valence-electron chi connectivity index (χ1n) is 6.49. The van der Waals surface area contributed by atoms with Gasteiger partial charge in [0.15, 0.2) is 0 Å². The Bertz CT molecular complexity index is 95.0. The summed E-state index contributed by atoms with van der Waals surface area (Å²) in [5, 5.41) is 0. The van der Waals surface area contributed by atoms with Crippen molar-refractivity contribution in [3.8, 4) is 0 Å². The van der Waals surface area contributed by atoms with Crippen molar-refractivity contribution in [2.24, 2.45) is 5.73 Å². The van der Waals surface area contributed by atoms with E-state index < -0.39 is 17.0 Å². The van der Waals surface area contributed by atoms with Crippen LogP contribution in [0.3, 0.4) is 0 Å². The van der Waals surface area contributed by atoms with E-state index in [0.29, 0.717) is 0 Å². The summed E-state index contributed by atoms with van der Waals surface area (Å²) in [7, 11) is 9.78. The van der Waals surface area contributed by atoms with E-state index in [-0.39, 0.29) is 0 Å². The number of unbranched alkanes of at least 4 members (excludes halogenated alkanes) is 9. The molecule has 0 amide bonds. The van der Waals surface area contributed by atoms with Gasteiger partial charge in [-0.3, -0.25) is 0 Å². The molecule has 2 N–H and O–H groups in total. The molecule has 0 aromatic carbocycles. The zero-order valence-electron chi connectivity index (χ0n) is 10.6. The fourth-order valence-electron chi connectivity index (χ4n) is 1.63. The molecule has 98 valence electrons. The molecule has 0 rings (SSSR count). The van der Waals surface area contributed by atoms with E-state index in [1.165, 1.54) is 64.2 Å². The van der Waals surface area contributed by atoms with Gasteiger partial charge in [-0.15, -0.1) is 0 Å². The molecule has 4 heteroatoms. The van der Waals surface area contributed by atoms with Crippen LogP contribution in [0.4, 0.5) is 0 Å². The Labute approximate surface area is 119 Å². The molecular weight excluding hydrogens is 277 g/mol. The second-order valence-electron chi connectivity index (χ2n) is 4.04. The molecule has 0 aromatic heterocycles. The van der Waals surface area contributed by atoms with E-state index in [0.717, 1.165) is 6.54 Å². The van der Waals surface area contributed by atoms with Crippen LogP contribution in [0.15, 0.2) is 0 Å². The second kappa shape index (κ2) is 21.5. The average molecular weight is 304 g/mol. The monoisotopic (exact) mass is 303 g/mol. The van der Waals surface area contributed by atoms with Gasteiger partial charge in [-0.2, -0.15) is 0 Å². The summed E-state index contributed by atoms with van der Waals surface area (Å²) in [6, 6.07) is 0. The van der Waals surface area contributed by atoms with Crippen LogP contribution >= 0.6 is 18.6 Å². The molecule has 0 aliphatic heterocycles. The number of hydrogen-bond acceptors (Lipinski definition) is 1. The Kier molecular flexibility index (Phi) is 26.4. The molecule has 0 aliphatic carbocycles. The molecule has 0 spiro atoms. The van der Waals surface area contributed by atoms with Crippen LogP contribution in [-0.4, -0.2) is 6.54 Å². The van der Waals surface area contributed by atoms with Crippen LogP contribution in [0, 0.1) is 0 Å². The van der Waals surface area contributed by atoms with Crippen molar-refractivity contribution in [2.75, 3.05) is 6.54 Å². The third-order valence-corrected chi connectivity index (χ3v) is 2.56. The van der Waals surface area contributed by atoms with Crippen molar-refractivity contribution in [1.82, 2.24) is 0 Å². The van der Waals surface area contributed by atoms with Gasteiger partial charge in [-0.1, -0.05) is 64.7 Å². The molecular formula is C12H27Cl2NTi. The first-order valence-corrected chi connectivity index (χ1v) is 10.8. The van der Waals surface area contributed by atoms with E-state index in [1.54, 1.807) is 0 Å². The predicted molar refractivity (Wildman–Crippen MR) is 72.6 cm³/mol. The molecule has 1 nitrogen and oxygen atoms in total. The molecule has 0 unspecified atom stereocenters. The molecule has 0 aromatic rings. The average Bonchev–Trinajstić information content (AvgIpc) is 2.28. The fourth-order valence-corrected chi connectivity index (χ4v) is 1.63.